The number of sulfone groups is 1. The number of anilines is 1. The Labute approximate surface area is 198 Å². The van der Waals surface area contributed by atoms with Crippen LogP contribution in [0.2, 0.25) is 0 Å². The van der Waals surface area contributed by atoms with Crippen LogP contribution in [0.3, 0.4) is 0 Å². The monoisotopic (exact) mass is 479 g/mol. The fourth-order valence-electron chi connectivity index (χ4n) is 3.92. The molecular formula is C26H25NO6S. The zero-order chi connectivity index (χ0) is 24.5. The third kappa shape index (κ3) is 4.12. The third-order valence-electron chi connectivity index (χ3n) is 5.64. The number of carbonyl (C=O) groups excluding carboxylic acids is 1. The van der Waals surface area contributed by atoms with E-state index in [0.29, 0.717) is 29.4 Å². The summed E-state index contributed by atoms with van der Waals surface area (Å²) in [5, 5.41) is 10.9. The lowest BCUT2D eigenvalue weighted by Gasteiger charge is -2.27. The van der Waals surface area contributed by atoms with Crippen LogP contribution in [0.25, 0.3) is 0 Å². The molecule has 8 heteroatoms. The number of nitrogens with zero attached hydrogens (tertiary/aromatic N) is 1. The molecule has 0 bridgehead atoms. The molecule has 1 atom stereocenters. The number of methoxy groups -OCH3 is 1. The van der Waals surface area contributed by atoms with Crippen molar-refractivity contribution in [2.45, 2.75) is 24.8 Å². The Morgan fingerprint density at radius 1 is 0.912 bits per heavy atom. The second-order valence-electron chi connectivity index (χ2n) is 7.81. The first-order chi connectivity index (χ1) is 16.3. The maximum atomic E-state index is 13.7. The van der Waals surface area contributed by atoms with Crippen LogP contribution in [0, 0.1) is 6.92 Å². The summed E-state index contributed by atoms with van der Waals surface area (Å²) in [6.07, 6.45) is 0. The zero-order valence-corrected chi connectivity index (χ0v) is 19.9. The van der Waals surface area contributed by atoms with E-state index in [-0.39, 0.29) is 9.80 Å². The number of hydrogen-bond donors (Lipinski definition) is 1. The molecular weight excluding hydrogens is 454 g/mol. The number of aliphatic hydroxyl groups excluding tert-OH is 1. The number of carbonyl (C=O) groups is 1. The van der Waals surface area contributed by atoms with Gasteiger partial charge in [-0.25, -0.2) is 8.42 Å². The molecule has 0 radical (unpaired) electrons. The predicted molar refractivity (Wildman–Crippen MR) is 129 cm³/mol. The van der Waals surface area contributed by atoms with E-state index in [9.17, 15) is 18.3 Å². The van der Waals surface area contributed by atoms with Crippen LogP contribution in [-0.4, -0.2) is 33.1 Å². The van der Waals surface area contributed by atoms with Gasteiger partial charge >= 0.3 is 0 Å². The van der Waals surface area contributed by atoms with E-state index in [1.807, 2.05) is 13.8 Å². The lowest BCUT2D eigenvalue weighted by molar-refractivity contribution is -0.117. The normalized spacial score (nSPS) is 16.1. The van der Waals surface area contributed by atoms with Gasteiger partial charge in [-0.3, -0.25) is 9.69 Å². The van der Waals surface area contributed by atoms with E-state index in [1.165, 1.54) is 24.1 Å². The minimum Gasteiger partial charge on any atom is -0.502 e. The standard InChI is InChI=1S/C26H25NO6S/c1-4-33-21-11-7-18(8-12-21)23-25(34(30,31)22-15-5-17(2)6-16-22)24(28)26(29)27(23)19-9-13-20(32-3)14-10-19/h5-16,23,28H,4H2,1-3H3. The Bertz CT molecular complexity index is 1330. The molecule has 34 heavy (non-hydrogen) atoms. The van der Waals surface area contributed by atoms with Crippen LogP contribution in [-0.2, 0) is 14.6 Å². The van der Waals surface area contributed by atoms with Gasteiger partial charge in [-0.15, -0.1) is 0 Å². The molecule has 1 unspecified atom stereocenters. The van der Waals surface area contributed by atoms with Gasteiger partial charge in [0.1, 0.15) is 22.4 Å². The van der Waals surface area contributed by atoms with Gasteiger partial charge in [-0.2, -0.15) is 0 Å². The number of ether oxygens (including phenoxy) is 2. The number of benzene rings is 3. The molecule has 0 fully saturated rings. The van der Waals surface area contributed by atoms with Gasteiger partial charge in [0, 0.05) is 5.69 Å². The fourth-order valence-corrected chi connectivity index (χ4v) is 5.55. The second-order valence-corrected chi connectivity index (χ2v) is 9.73. The van der Waals surface area contributed by atoms with Crippen LogP contribution in [0.5, 0.6) is 11.5 Å². The smallest absolute Gasteiger partial charge is 0.295 e. The number of aliphatic hydroxyl groups is 1. The quantitative estimate of drug-likeness (QED) is 0.526. The van der Waals surface area contributed by atoms with Gasteiger partial charge in [-0.1, -0.05) is 29.8 Å². The SMILES string of the molecule is CCOc1ccc(C2C(S(=O)(=O)c3ccc(C)cc3)=C(O)C(=O)N2c2ccc(OC)cc2)cc1. The van der Waals surface area contributed by atoms with Crippen molar-refractivity contribution >= 4 is 21.4 Å². The molecule has 176 valence electrons. The molecule has 1 aliphatic rings. The highest BCUT2D eigenvalue weighted by atomic mass is 32.2. The van der Waals surface area contributed by atoms with Crippen LogP contribution < -0.4 is 14.4 Å². The number of hydrogen-bond acceptors (Lipinski definition) is 6. The van der Waals surface area contributed by atoms with E-state index in [0.717, 1.165) is 5.56 Å². The van der Waals surface area contributed by atoms with Crippen molar-refractivity contribution in [2.75, 3.05) is 18.6 Å². The first-order valence-corrected chi connectivity index (χ1v) is 12.2. The molecule has 7 nitrogen and oxygen atoms in total. The Morgan fingerprint density at radius 2 is 1.50 bits per heavy atom. The van der Waals surface area contributed by atoms with Crippen molar-refractivity contribution in [3.05, 3.63) is 94.6 Å². The molecule has 3 aromatic carbocycles. The highest BCUT2D eigenvalue weighted by Crippen LogP contribution is 2.45. The number of amides is 1. The molecule has 4 rings (SSSR count). The van der Waals surface area contributed by atoms with Crippen LogP contribution in [0.15, 0.2) is 88.4 Å². The van der Waals surface area contributed by atoms with Crippen LogP contribution >= 0.6 is 0 Å². The van der Waals surface area contributed by atoms with Crippen molar-refractivity contribution in [2.24, 2.45) is 0 Å². The van der Waals surface area contributed by atoms with E-state index in [2.05, 4.69) is 0 Å². The minimum atomic E-state index is -4.20. The topological polar surface area (TPSA) is 93.1 Å². The molecule has 0 spiro atoms. The van der Waals surface area contributed by atoms with Crippen molar-refractivity contribution in [1.29, 1.82) is 0 Å². The second kappa shape index (κ2) is 9.23. The van der Waals surface area contributed by atoms with Gasteiger partial charge in [0.15, 0.2) is 5.76 Å². The average Bonchev–Trinajstić information content (AvgIpc) is 3.11. The Kier molecular flexibility index (Phi) is 6.34. The first-order valence-electron chi connectivity index (χ1n) is 10.7. The van der Waals surface area contributed by atoms with Gasteiger partial charge < -0.3 is 14.6 Å². The van der Waals surface area contributed by atoms with Crippen molar-refractivity contribution < 1.29 is 27.8 Å². The molecule has 0 aliphatic carbocycles. The van der Waals surface area contributed by atoms with E-state index in [1.54, 1.807) is 60.7 Å². The van der Waals surface area contributed by atoms with Gasteiger partial charge in [0.25, 0.3) is 5.91 Å². The summed E-state index contributed by atoms with van der Waals surface area (Å²) in [4.78, 5) is 14.2. The van der Waals surface area contributed by atoms with E-state index in [4.69, 9.17) is 9.47 Å². The summed E-state index contributed by atoms with van der Waals surface area (Å²) in [5.41, 5.74) is 1.83. The zero-order valence-electron chi connectivity index (χ0n) is 19.1. The lowest BCUT2D eigenvalue weighted by Crippen LogP contribution is -2.31. The highest BCUT2D eigenvalue weighted by molar-refractivity contribution is 7.95. The minimum absolute atomic E-state index is 0.0000302. The molecule has 0 saturated carbocycles. The Morgan fingerprint density at radius 3 is 2.06 bits per heavy atom. The van der Waals surface area contributed by atoms with Crippen molar-refractivity contribution in [3.63, 3.8) is 0 Å². The van der Waals surface area contributed by atoms with Gasteiger partial charge in [-0.05, 0) is 67.9 Å². The lowest BCUT2D eigenvalue weighted by atomic mass is 10.1. The van der Waals surface area contributed by atoms with E-state index < -0.39 is 27.5 Å². The summed E-state index contributed by atoms with van der Waals surface area (Å²) < 4.78 is 38.1. The maximum absolute atomic E-state index is 13.7. The van der Waals surface area contributed by atoms with Crippen LogP contribution in [0.4, 0.5) is 5.69 Å². The summed E-state index contributed by atoms with van der Waals surface area (Å²) >= 11 is 0. The summed E-state index contributed by atoms with van der Waals surface area (Å²) in [7, 11) is -2.67. The molecule has 1 aliphatic heterocycles. The largest absolute Gasteiger partial charge is 0.502 e. The molecule has 1 heterocycles. The van der Waals surface area contributed by atoms with Gasteiger partial charge in [0.05, 0.1) is 18.6 Å². The fraction of sp³-hybridized carbons (Fsp3) is 0.192. The summed E-state index contributed by atoms with van der Waals surface area (Å²) in [5.74, 6) is -0.398. The Hall–Kier alpha value is -3.78. The summed E-state index contributed by atoms with van der Waals surface area (Å²) in [6, 6.07) is 18.7. The van der Waals surface area contributed by atoms with Gasteiger partial charge in [0.2, 0.25) is 9.84 Å². The maximum Gasteiger partial charge on any atom is 0.295 e. The predicted octanol–water partition coefficient (Wildman–Crippen LogP) is 4.73. The highest BCUT2D eigenvalue weighted by Gasteiger charge is 2.47. The Balaban J connectivity index is 1.88. The van der Waals surface area contributed by atoms with Crippen molar-refractivity contribution in [3.8, 4) is 11.5 Å². The number of rotatable bonds is 7. The molecule has 0 saturated heterocycles. The first kappa shape index (κ1) is 23.4. The molecule has 3 aromatic rings. The molecule has 1 N–H and O–H groups in total. The third-order valence-corrected chi connectivity index (χ3v) is 7.53. The average molecular weight is 480 g/mol. The molecule has 1 amide bonds. The summed E-state index contributed by atoms with van der Waals surface area (Å²) in [6.45, 7) is 4.19. The van der Waals surface area contributed by atoms with Crippen molar-refractivity contribution in [1.82, 2.24) is 0 Å². The molecule has 0 aromatic heterocycles. The number of aryl methyl sites for hydroxylation is 1. The van der Waals surface area contributed by atoms with Crippen LogP contribution in [0.1, 0.15) is 24.1 Å². The van der Waals surface area contributed by atoms with E-state index >= 15 is 0 Å².